The second kappa shape index (κ2) is 24.7. The molecule has 0 aliphatic carbocycles. The molecule has 0 unspecified atom stereocenters. The normalized spacial score (nSPS) is 13.6. The Bertz CT molecular complexity index is 3460. The molecular formula is C58H54Cl3N11O3. The summed E-state index contributed by atoms with van der Waals surface area (Å²) in [6.07, 6.45) is 9.08. The van der Waals surface area contributed by atoms with E-state index < -0.39 is 0 Å². The summed E-state index contributed by atoms with van der Waals surface area (Å²) in [6.45, 7) is 9.53. The van der Waals surface area contributed by atoms with Crippen molar-refractivity contribution in [3.05, 3.63) is 229 Å². The number of hydrogen-bond donors (Lipinski definition) is 6. The molecule has 0 bridgehead atoms. The first-order valence-corrected chi connectivity index (χ1v) is 25.1. The first-order chi connectivity index (χ1) is 36.3. The number of ketones is 1. The third-order valence-electron chi connectivity index (χ3n) is 12.2. The van der Waals surface area contributed by atoms with Crippen LogP contribution in [0.4, 0.5) is 17.1 Å². The molecule has 3 aliphatic rings. The van der Waals surface area contributed by atoms with Crippen LogP contribution in [0.25, 0.3) is 0 Å². The van der Waals surface area contributed by atoms with E-state index in [1.54, 1.807) is 42.4 Å². The Kier molecular flexibility index (Phi) is 17.5. The molecule has 4 aromatic carbocycles. The number of nitrogens with zero attached hydrogens (tertiary/aromatic N) is 5. The molecule has 7 N–H and O–H groups in total. The zero-order chi connectivity index (χ0) is 53.0. The van der Waals surface area contributed by atoms with Crippen LogP contribution in [0.3, 0.4) is 0 Å². The number of carbonyl (C=O) groups is 3. The number of benzodiazepines with no additional fused rings is 1. The Morgan fingerprint density at radius 1 is 0.680 bits per heavy atom. The number of amides is 2. The van der Waals surface area contributed by atoms with Crippen molar-refractivity contribution in [2.75, 3.05) is 43.4 Å². The molecule has 17 heteroatoms. The summed E-state index contributed by atoms with van der Waals surface area (Å²) in [7, 11) is 1.80. The van der Waals surface area contributed by atoms with Crippen LogP contribution < -0.4 is 16.0 Å². The van der Waals surface area contributed by atoms with E-state index in [1.165, 1.54) is 11.6 Å². The number of nitrogens with one attached hydrogen (secondary N) is 5. The number of H-pyrrole nitrogens is 4. The summed E-state index contributed by atoms with van der Waals surface area (Å²) < 4.78 is 0. The average molecular weight is 1060 g/mol. The van der Waals surface area contributed by atoms with Crippen LogP contribution in [0.2, 0.25) is 15.1 Å². The number of benzene rings is 4. The second-order valence-electron chi connectivity index (χ2n) is 17.5. The highest BCUT2D eigenvalue weighted by Crippen LogP contribution is 2.30. The Hall–Kier alpha value is -8.14. The van der Waals surface area contributed by atoms with Gasteiger partial charge in [-0.3, -0.25) is 34.4 Å². The van der Waals surface area contributed by atoms with Crippen molar-refractivity contribution in [1.29, 1.82) is 0 Å². The monoisotopic (exact) mass is 1060 g/mol. The van der Waals surface area contributed by atoms with Crippen molar-refractivity contribution in [3.8, 4) is 0 Å². The fourth-order valence-corrected chi connectivity index (χ4v) is 8.85. The maximum atomic E-state index is 12.3. The fraction of sp³-hybridized carbons (Fsp3) is 0.155. The van der Waals surface area contributed by atoms with Crippen LogP contribution in [-0.2, 0) is 16.0 Å². The van der Waals surface area contributed by atoms with Gasteiger partial charge in [0, 0.05) is 74.9 Å². The Morgan fingerprint density at radius 3 is 1.88 bits per heavy atom. The number of hydrogen-bond acceptors (Lipinski definition) is 8. The number of nitrogens with two attached hydrogens (primary N) is 1. The first-order valence-electron chi connectivity index (χ1n) is 24.0. The molecule has 0 fully saturated rings. The molecule has 0 saturated carbocycles. The molecule has 0 radical (unpaired) electrons. The van der Waals surface area contributed by atoms with Gasteiger partial charge in [-0.25, -0.2) is 0 Å². The number of anilines is 2. The second-order valence-corrected chi connectivity index (χ2v) is 18.8. The number of likely N-dealkylation sites (N-methyl/N-ethyl adjacent to an activating group) is 1. The van der Waals surface area contributed by atoms with Crippen molar-refractivity contribution in [2.45, 2.75) is 26.7 Å². The van der Waals surface area contributed by atoms with Crippen molar-refractivity contribution in [3.63, 3.8) is 0 Å². The molecule has 3 aliphatic heterocycles. The van der Waals surface area contributed by atoms with Crippen molar-refractivity contribution >= 4 is 92.3 Å². The molecule has 8 aromatic rings. The van der Waals surface area contributed by atoms with E-state index in [-0.39, 0.29) is 30.7 Å². The number of halogens is 3. The predicted molar refractivity (Wildman–Crippen MR) is 305 cm³/mol. The average Bonchev–Trinajstić information content (AvgIpc) is 4.28. The highest BCUT2D eigenvalue weighted by atomic mass is 35.5. The van der Waals surface area contributed by atoms with Crippen molar-refractivity contribution in [1.82, 2.24) is 19.9 Å². The number of aryl methyl sites for hydroxylation is 1. The van der Waals surface area contributed by atoms with E-state index in [2.05, 4.69) is 65.9 Å². The number of rotatable bonds is 8. The largest absolute Gasteiger partial charge is 0.360 e. The summed E-state index contributed by atoms with van der Waals surface area (Å²) in [4.78, 5) is 68.2. The lowest BCUT2D eigenvalue weighted by atomic mass is 9.98. The number of aliphatic imine (C=N–C) groups is 4. The van der Waals surface area contributed by atoms with E-state index in [0.717, 1.165) is 97.0 Å². The highest BCUT2D eigenvalue weighted by molar-refractivity contribution is 6.32. The molecular weight excluding hydrogens is 1010 g/mol. The van der Waals surface area contributed by atoms with Gasteiger partial charge in [0.25, 0.3) is 0 Å². The van der Waals surface area contributed by atoms with Crippen LogP contribution in [0.1, 0.15) is 74.3 Å². The molecule has 4 aromatic heterocycles. The Morgan fingerprint density at radius 2 is 1.25 bits per heavy atom. The number of fused-ring (bicyclic) bond motifs is 3. The number of aromatic nitrogens is 4. The van der Waals surface area contributed by atoms with Gasteiger partial charge in [0.1, 0.15) is 6.54 Å². The quantitative estimate of drug-likeness (QED) is 0.0649. The van der Waals surface area contributed by atoms with E-state index >= 15 is 0 Å². The van der Waals surface area contributed by atoms with Crippen LogP contribution in [0.5, 0.6) is 0 Å². The van der Waals surface area contributed by atoms with Gasteiger partial charge >= 0.3 is 0 Å². The smallest absolute Gasteiger partial charge is 0.248 e. The minimum atomic E-state index is -0.372. The van der Waals surface area contributed by atoms with Gasteiger partial charge in [-0.05, 0) is 135 Å². The van der Waals surface area contributed by atoms with Crippen LogP contribution in [0, 0.1) is 6.92 Å². The van der Waals surface area contributed by atoms with Crippen LogP contribution >= 0.6 is 34.8 Å². The Balaban J connectivity index is 0.000000133. The fourth-order valence-electron chi connectivity index (χ4n) is 8.33. The van der Waals surface area contributed by atoms with Gasteiger partial charge in [-0.1, -0.05) is 71.6 Å². The topological polar surface area (TPSA) is 205 Å². The van der Waals surface area contributed by atoms with E-state index in [0.29, 0.717) is 40.1 Å². The minimum absolute atomic E-state index is 0.00617. The molecule has 0 atom stereocenters. The standard InChI is InChI=1S/C15H14ClN3.C15H13ClN2.C15H15N3O.C13H12ClN3O2/c1-2-11-9-18-15(14-4-3-7-17-14)12-8-10(16)5-6-13(12)19-11;1-10-7-11-4-5-12(16)8-13(11)15(18-9-10)14-3-2-6-17-14;1-10-5-6-13-11(8-10)15(12-4-3-7-16-12)17-9-14(19)18(13)2;14-8-3-4-10(17-12(18)7-15)9(6-8)13(19)11-2-1-5-16-11/h3-8,17H,2,9H2,1H3;2-6,8,17H,1,7,9H2;3-8,16H,9H2,1-2H3;1-6,16H,7,15H2,(H,17,18). The summed E-state index contributed by atoms with van der Waals surface area (Å²) in [5.41, 5.74) is 21.6. The lowest BCUT2D eigenvalue weighted by Crippen LogP contribution is -2.27. The Labute approximate surface area is 449 Å². The van der Waals surface area contributed by atoms with Gasteiger partial charge in [0.2, 0.25) is 17.6 Å². The molecule has 75 heavy (non-hydrogen) atoms. The van der Waals surface area contributed by atoms with Gasteiger partial charge in [0.15, 0.2) is 0 Å². The third kappa shape index (κ3) is 13.2. The maximum Gasteiger partial charge on any atom is 0.248 e. The van der Waals surface area contributed by atoms with Gasteiger partial charge < -0.3 is 35.9 Å². The van der Waals surface area contributed by atoms with E-state index in [9.17, 15) is 14.4 Å². The zero-order valence-electron chi connectivity index (χ0n) is 41.5. The predicted octanol–water partition coefficient (Wildman–Crippen LogP) is 11.6. The molecule has 7 heterocycles. The van der Waals surface area contributed by atoms with Gasteiger partial charge in [0.05, 0.1) is 76.6 Å². The number of carbonyl (C=O) groups excluding carboxylic acids is 3. The molecule has 0 spiro atoms. The van der Waals surface area contributed by atoms with Crippen molar-refractivity contribution < 1.29 is 14.4 Å². The molecule has 11 rings (SSSR count). The zero-order valence-corrected chi connectivity index (χ0v) is 43.7. The molecule has 14 nitrogen and oxygen atoms in total. The third-order valence-corrected chi connectivity index (χ3v) is 12.9. The highest BCUT2D eigenvalue weighted by Gasteiger charge is 2.24. The summed E-state index contributed by atoms with van der Waals surface area (Å²) in [5, 5.41) is 4.43. The lowest BCUT2D eigenvalue weighted by Gasteiger charge is -2.18. The van der Waals surface area contributed by atoms with Gasteiger partial charge in [-0.2, -0.15) is 0 Å². The summed E-state index contributed by atoms with van der Waals surface area (Å²) in [6, 6.07) is 37.7. The van der Waals surface area contributed by atoms with Crippen molar-refractivity contribution in [2.24, 2.45) is 25.7 Å². The number of aromatic amines is 4. The van der Waals surface area contributed by atoms with Gasteiger partial charge in [-0.15, -0.1) is 0 Å². The van der Waals surface area contributed by atoms with E-state index in [1.807, 2.05) is 104 Å². The maximum absolute atomic E-state index is 12.3. The molecule has 2 amide bonds. The first kappa shape index (κ1) is 53.2. The SMILES string of the molecule is C=C1CN=C(c2ccc[nH]2)c2cc(Cl)ccc2C1.CCC1=Nc2ccc(Cl)cc2C(c2ccc[nH]2)=NC1.Cc1ccc2c(c1)C(c1ccc[nH]1)=NCC(=O)N2C.NCC(=O)Nc1ccc(Cl)cc1C(=O)c1ccc[nH]1. The summed E-state index contributed by atoms with van der Waals surface area (Å²) in [5.74, 6) is -0.616. The molecule has 380 valence electrons. The summed E-state index contributed by atoms with van der Waals surface area (Å²) >= 11 is 18.1. The van der Waals surface area contributed by atoms with E-state index in [4.69, 9.17) is 45.5 Å². The van der Waals surface area contributed by atoms with Crippen LogP contribution in [0.15, 0.2) is 178 Å². The minimum Gasteiger partial charge on any atom is -0.360 e. The lowest BCUT2D eigenvalue weighted by molar-refractivity contribution is -0.117. The molecule has 0 saturated heterocycles. The van der Waals surface area contributed by atoms with Crippen LogP contribution in [-0.4, -0.2) is 93.6 Å².